The molecule has 3 aliphatic rings. The monoisotopic (exact) mass is 606 g/mol. The van der Waals surface area contributed by atoms with Crippen molar-refractivity contribution in [2.45, 2.75) is 77.0 Å². The summed E-state index contributed by atoms with van der Waals surface area (Å²) >= 11 is 0. The van der Waals surface area contributed by atoms with Crippen LogP contribution in [0, 0.1) is 11.8 Å². The second-order valence-corrected chi connectivity index (χ2v) is 12.0. The number of ether oxygens (including phenoxy) is 2. The number of carbonyl (C=O) groups is 3. The summed E-state index contributed by atoms with van der Waals surface area (Å²) in [4.78, 5) is 46.2. The minimum Gasteiger partial charge on any atom is -0.494 e. The Morgan fingerprint density at radius 1 is 0.955 bits per heavy atom. The number of unbranched alkanes of at least 4 members (excludes halogenated alkanes) is 1. The third-order valence-electron chi connectivity index (χ3n) is 9.72. The lowest BCUT2D eigenvalue weighted by Gasteiger charge is -2.34. The highest BCUT2D eigenvalue weighted by Gasteiger charge is 2.78. The number of aliphatic hydroxyl groups is 1. The zero-order chi connectivity index (χ0) is 31.5. The molecule has 0 aromatic heterocycles. The van der Waals surface area contributed by atoms with Crippen LogP contribution in [0.3, 0.4) is 0 Å². The summed E-state index contributed by atoms with van der Waals surface area (Å²) in [5.41, 5.74) is 0.359. The summed E-state index contributed by atoms with van der Waals surface area (Å²) < 4.78 is 12.4. The Bertz CT molecular complexity index is 1330. The highest BCUT2D eigenvalue weighted by Crippen LogP contribution is 2.64. The van der Waals surface area contributed by atoms with Crippen LogP contribution in [0.5, 0.6) is 5.75 Å². The fraction of sp³-hybridized carbons (Fsp3) is 0.559. The molecule has 0 aliphatic carbocycles. The second kappa shape index (κ2) is 13.2. The first-order chi connectivity index (χ1) is 21.3. The minimum atomic E-state index is -1.11. The number of aliphatic hydroxyl groups excluding tert-OH is 1. The molecule has 5 atom stereocenters. The summed E-state index contributed by atoms with van der Waals surface area (Å²) in [6.45, 7) is 10.7. The molecule has 238 valence electrons. The molecule has 2 bridgehead atoms. The highest BCUT2D eigenvalue weighted by molar-refractivity contribution is 6.05. The van der Waals surface area contributed by atoms with E-state index in [1.54, 1.807) is 29.2 Å². The Morgan fingerprint density at radius 3 is 2.18 bits per heavy atom. The van der Waals surface area contributed by atoms with Gasteiger partial charge in [-0.1, -0.05) is 6.92 Å². The number of benzene rings is 2. The van der Waals surface area contributed by atoms with Gasteiger partial charge in [-0.2, -0.15) is 0 Å². The first kappa shape index (κ1) is 31.8. The van der Waals surface area contributed by atoms with Gasteiger partial charge >= 0.3 is 0 Å². The number of hydrogen-bond acceptors (Lipinski definition) is 7. The first-order valence-electron chi connectivity index (χ1n) is 16.1. The Morgan fingerprint density at radius 2 is 1.59 bits per heavy atom. The Labute approximate surface area is 260 Å². The summed E-state index contributed by atoms with van der Waals surface area (Å²) in [5, 5.41) is 15.5. The van der Waals surface area contributed by atoms with E-state index in [4.69, 9.17) is 9.47 Å². The molecule has 3 heterocycles. The Hall–Kier alpha value is -3.63. The van der Waals surface area contributed by atoms with E-state index < -0.39 is 29.1 Å². The zero-order valence-corrected chi connectivity index (χ0v) is 26.3. The summed E-state index contributed by atoms with van der Waals surface area (Å²) in [5.74, 6) is -1.65. The average molecular weight is 607 g/mol. The number of hydrogen-bond donors (Lipinski definition) is 3. The number of nitrogens with one attached hydrogen (secondary N) is 2. The van der Waals surface area contributed by atoms with Gasteiger partial charge in [-0.3, -0.25) is 14.4 Å². The number of amides is 3. The van der Waals surface area contributed by atoms with Crippen molar-refractivity contribution in [3.8, 4) is 5.75 Å². The van der Waals surface area contributed by atoms with E-state index in [9.17, 15) is 19.5 Å². The molecule has 0 saturated carbocycles. The molecule has 3 N–H and O–H groups in total. The zero-order valence-electron chi connectivity index (χ0n) is 26.3. The van der Waals surface area contributed by atoms with Gasteiger partial charge in [0, 0.05) is 43.3 Å². The predicted octanol–water partition coefficient (Wildman–Crippen LogP) is 4.44. The van der Waals surface area contributed by atoms with Crippen LogP contribution in [-0.4, -0.2) is 77.8 Å². The van der Waals surface area contributed by atoms with Gasteiger partial charge in [-0.25, -0.2) is 0 Å². The Balaban J connectivity index is 1.44. The molecule has 3 amide bonds. The van der Waals surface area contributed by atoms with Crippen LogP contribution in [0.25, 0.3) is 0 Å². The van der Waals surface area contributed by atoms with Crippen LogP contribution < -0.4 is 20.3 Å². The van der Waals surface area contributed by atoms with Gasteiger partial charge in [-0.15, -0.1) is 0 Å². The van der Waals surface area contributed by atoms with Crippen molar-refractivity contribution in [1.82, 2.24) is 4.90 Å². The highest BCUT2D eigenvalue weighted by atomic mass is 16.5. The van der Waals surface area contributed by atoms with Crippen molar-refractivity contribution in [2.75, 3.05) is 48.4 Å². The smallest absolute Gasteiger partial charge is 0.250 e. The molecule has 2 unspecified atom stereocenters. The molecule has 10 heteroatoms. The second-order valence-electron chi connectivity index (χ2n) is 12.0. The largest absolute Gasteiger partial charge is 0.494 e. The maximum atomic E-state index is 14.3. The van der Waals surface area contributed by atoms with Gasteiger partial charge in [0.15, 0.2) is 0 Å². The lowest BCUT2D eigenvalue weighted by atomic mass is 9.65. The lowest BCUT2D eigenvalue weighted by molar-refractivity contribution is -0.144. The van der Waals surface area contributed by atoms with Gasteiger partial charge < -0.3 is 35.0 Å². The topological polar surface area (TPSA) is 120 Å². The van der Waals surface area contributed by atoms with E-state index in [0.717, 1.165) is 18.8 Å². The molecule has 3 fully saturated rings. The van der Waals surface area contributed by atoms with Crippen molar-refractivity contribution in [3.05, 3.63) is 48.5 Å². The molecule has 2 aromatic rings. The molecule has 1 spiro atoms. The molecule has 10 nitrogen and oxygen atoms in total. The summed E-state index contributed by atoms with van der Waals surface area (Å²) in [7, 11) is 0. The standard InChI is InChI=1S/C34H46N4O6/c1-5-33-19-20-34(44-33)28(27(33)30(40)35-24-13-17-26(18-14-24)43-8-4)32(42)38(21-9-10-22-39)29(34)31(41)36-23-11-15-25(16-12-23)37(6-2)7-3/h11-18,27-29,39H,5-10,19-22H2,1-4H3,(H,35,40)(H,36,41)/t27-,28+,29?,33+,34?/m1/s1. The quantitative estimate of drug-likeness (QED) is 0.272. The number of likely N-dealkylation sites (tertiary alicyclic amines) is 1. The fourth-order valence-corrected chi connectivity index (χ4v) is 7.63. The van der Waals surface area contributed by atoms with Crippen LogP contribution in [-0.2, 0) is 19.1 Å². The number of fused-ring (bicyclic) bond motifs is 1. The molecule has 2 aromatic carbocycles. The lowest BCUT2D eigenvalue weighted by Crippen LogP contribution is -2.53. The maximum Gasteiger partial charge on any atom is 0.250 e. The van der Waals surface area contributed by atoms with Crippen LogP contribution in [0.4, 0.5) is 17.1 Å². The van der Waals surface area contributed by atoms with Crippen molar-refractivity contribution in [3.63, 3.8) is 0 Å². The molecular formula is C34H46N4O6. The van der Waals surface area contributed by atoms with Crippen LogP contribution in [0.2, 0.25) is 0 Å². The Kier molecular flexibility index (Phi) is 9.51. The van der Waals surface area contributed by atoms with E-state index in [1.807, 2.05) is 38.1 Å². The number of rotatable bonds is 14. The SMILES string of the molecule is CCOc1ccc(NC(=O)[C@H]2[C@H]3C(=O)N(CCCCO)C(C(=O)Nc4ccc(N(CC)CC)cc4)C34CC[C@]2(CC)O4)cc1. The molecule has 5 rings (SSSR count). The van der Waals surface area contributed by atoms with Gasteiger partial charge in [0.25, 0.3) is 0 Å². The average Bonchev–Trinajstić information content (AvgIpc) is 3.63. The molecule has 44 heavy (non-hydrogen) atoms. The molecular weight excluding hydrogens is 560 g/mol. The van der Waals surface area contributed by atoms with Crippen LogP contribution in [0.15, 0.2) is 48.5 Å². The maximum absolute atomic E-state index is 14.3. The van der Waals surface area contributed by atoms with Crippen LogP contribution in [0.1, 0.15) is 59.8 Å². The molecule has 3 saturated heterocycles. The number of nitrogens with zero attached hydrogens (tertiary/aromatic N) is 2. The van der Waals surface area contributed by atoms with Gasteiger partial charge in [-0.05, 0) is 101 Å². The van der Waals surface area contributed by atoms with Crippen molar-refractivity contribution < 1.29 is 29.0 Å². The minimum absolute atomic E-state index is 0.00505. The molecule has 0 radical (unpaired) electrons. The van der Waals surface area contributed by atoms with E-state index in [2.05, 4.69) is 29.4 Å². The summed E-state index contributed by atoms with van der Waals surface area (Å²) in [6, 6.07) is 14.0. The number of carbonyl (C=O) groups excluding carboxylic acids is 3. The van der Waals surface area contributed by atoms with Crippen molar-refractivity contribution in [1.29, 1.82) is 0 Å². The van der Waals surface area contributed by atoms with E-state index in [0.29, 0.717) is 62.4 Å². The van der Waals surface area contributed by atoms with Gasteiger partial charge in [0.2, 0.25) is 17.7 Å². The van der Waals surface area contributed by atoms with Crippen LogP contribution >= 0.6 is 0 Å². The first-order valence-corrected chi connectivity index (χ1v) is 16.1. The number of anilines is 3. The van der Waals surface area contributed by atoms with Crippen molar-refractivity contribution in [2.24, 2.45) is 11.8 Å². The van der Waals surface area contributed by atoms with E-state index >= 15 is 0 Å². The third-order valence-corrected chi connectivity index (χ3v) is 9.72. The normalized spacial score (nSPS) is 26.9. The fourth-order valence-electron chi connectivity index (χ4n) is 7.63. The van der Waals surface area contributed by atoms with Crippen molar-refractivity contribution >= 4 is 34.8 Å². The molecule has 3 aliphatic heterocycles. The van der Waals surface area contributed by atoms with E-state index in [-0.39, 0.29) is 24.3 Å². The predicted molar refractivity (Wildman–Crippen MR) is 170 cm³/mol. The van der Waals surface area contributed by atoms with E-state index in [1.165, 1.54) is 0 Å². The summed E-state index contributed by atoms with van der Waals surface area (Å²) in [6.07, 6.45) is 2.69. The third kappa shape index (κ3) is 5.54. The van der Waals surface area contributed by atoms with Gasteiger partial charge in [0.1, 0.15) is 17.4 Å². The van der Waals surface area contributed by atoms with Gasteiger partial charge in [0.05, 0.1) is 24.0 Å².